The molecule has 0 saturated carbocycles. The maximum atomic E-state index is 12.6. The Kier molecular flexibility index (Phi) is 4.97. The Bertz CT molecular complexity index is 729. The molecule has 2 heterocycles. The molecule has 0 spiro atoms. The summed E-state index contributed by atoms with van der Waals surface area (Å²) in [6, 6.07) is 13.3. The van der Waals surface area contributed by atoms with Crippen molar-refractivity contribution >= 4 is 23.2 Å². The van der Waals surface area contributed by atoms with Crippen LogP contribution >= 0.6 is 11.3 Å². The number of hydrogen-bond acceptors (Lipinski definition) is 4. The van der Waals surface area contributed by atoms with Gasteiger partial charge in [-0.3, -0.25) is 9.59 Å². The van der Waals surface area contributed by atoms with Crippen LogP contribution in [0.5, 0.6) is 0 Å². The minimum atomic E-state index is -0.745. The quantitative estimate of drug-likeness (QED) is 0.925. The van der Waals surface area contributed by atoms with Crippen molar-refractivity contribution in [2.75, 3.05) is 19.6 Å². The highest BCUT2D eigenvalue weighted by Crippen LogP contribution is 2.19. The Hall–Kier alpha value is -2.18. The van der Waals surface area contributed by atoms with Gasteiger partial charge in [-0.2, -0.15) is 0 Å². The maximum Gasteiger partial charge on any atom is 0.264 e. The first kappa shape index (κ1) is 16.7. The molecule has 0 aliphatic carbocycles. The van der Waals surface area contributed by atoms with Crippen molar-refractivity contribution in [1.82, 2.24) is 9.80 Å². The fourth-order valence-electron chi connectivity index (χ4n) is 2.81. The maximum absolute atomic E-state index is 12.6. The second-order valence-electron chi connectivity index (χ2n) is 6.01. The first-order valence-corrected chi connectivity index (χ1v) is 8.70. The summed E-state index contributed by atoms with van der Waals surface area (Å²) in [5, 5.41) is 10.2. The molecule has 1 atom stereocenters. The van der Waals surface area contributed by atoms with Gasteiger partial charge in [0.1, 0.15) is 6.54 Å². The third-order valence-electron chi connectivity index (χ3n) is 4.00. The van der Waals surface area contributed by atoms with Crippen molar-refractivity contribution in [3.8, 4) is 0 Å². The molecule has 0 bridgehead atoms. The average molecular weight is 344 g/mol. The van der Waals surface area contributed by atoms with Crippen LogP contribution in [0.25, 0.3) is 0 Å². The smallest absolute Gasteiger partial charge is 0.264 e. The van der Waals surface area contributed by atoms with E-state index in [9.17, 15) is 14.7 Å². The molecule has 1 aromatic carbocycles. The van der Waals surface area contributed by atoms with E-state index in [1.165, 1.54) is 16.2 Å². The number of hydrogen-bond donors (Lipinski definition) is 1. The number of aliphatic hydroxyl groups excluding tert-OH is 1. The summed E-state index contributed by atoms with van der Waals surface area (Å²) in [6.45, 7) is 2.79. The highest BCUT2D eigenvalue weighted by molar-refractivity contribution is 7.13. The summed E-state index contributed by atoms with van der Waals surface area (Å²) >= 11 is 1.40. The summed E-state index contributed by atoms with van der Waals surface area (Å²) in [7, 11) is 0. The summed E-state index contributed by atoms with van der Waals surface area (Å²) < 4.78 is 0. The largest absolute Gasteiger partial charge is 0.389 e. The first-order valence-electron chi connectivity index (χ1n) is 7.88. The van der Waals surface area contributed by atoms with Crippen LogP contribution in [-0.2, 0) is 11.3 Å². The highest BCUT2D eigenvalue weighted by atomic mass is 32.1. The lowest BCUT2D eigenvalue weighted by Crippen LogP contribution is -2.39. The summed E-state index contributed by atoms with van der Waals surface area (Å²) in [4.78, 5) is 29.8. The molecule has 1 saturated heterocycles. The molecule has 1 aromatic heterocycles. The summed E-state index contributed by atoms with van der Waals surface area (Å²) in [6.07, 6.45) is -0.745. The third-order valence-corrected chi connectivity index (χ3v) is 4.98. The Labute approximate surface area is 145 Å². The molecule has 1 N–H and O–H groups in total. The number of aryl methyl sites for hydroxylation is 1. The van der Waals surface area contributed by atoms with Crippen molar-refractivity contribution in [3.05, 3.63) is 57.8 Å². The van der Waals surface area contributed by atoms with Crippen molar-refractivity contribution < 1.29 is 14.7 Å². The van der Waals surface area contributed by atoms with E-state index in [0.717, 1.165) is 10.4 Å². The van der Waals surface area contributed by atoms with Crippen LogP contribution in [0, 0.1) is 6.92 Å². The van der Waals surface area contributed by atoms with Crippen molar-refractivity contribution in [1.29, 1.82) is 0 Å². The van der Waals surface area contributed by atoms with Gasteiger partial charge < -0.3 is 14.9 Å². The fourth-order valence-corrected chi connectivity index (χ4v) is 3.65. The fraction of sp³-hybridized carbons (Fsp3) is 0.333. The van der Waals surface area contributed by atoms with Gasteiger partial charge in [0, 0.05) is 24.5 Å². The minimum absolute atomic E-state index is 0.000323. The van der Waals surface area contributed by atoms with E-state index in [4.69, 9.17) is 0 Å². The van der Waals surface area contributed by atoms with E-state index >= 15 is 0 Å². The van der Waals surface area contributed by atoms with E-state index in [2.05, 4.69) is 0 Å². The molecule has 24 heavy (non-hydrogen) atoms. The van der Waals surface area contributed by atoms with Gasteiger partial charge in [0.15, 0.2) is 0 Å². The molecule has 2 aromatic rings. The van der Waals surface area contributed by atoms with Crippen LogP contribution in [0.4, 0.5) is 0 Å². The van der Waals surface area contributed by atoms with Crippen molar-refractivity contribution in [2.45, 2.75) is 19.6 Å². The van der Waals surface area contributed by atoms with E-state index < -0.39 is 6.10 Å². The Morgan fingerprint density at radius 1 is 1.21 bits per heavy atom. The summed E-state index contributed by atoms with van der Waals surface area (Å²) in [5.74, 6) is -0.334. The van der Waals surface area contributed by atoms with Crippen molar-refractivity contribution in [3.63, 3.8) is 0 Å². The van der Waals surface area contributed by atoms with Gasteiger partial charge in [0.2, 0.25) is 5.91 Å². The lowest BCUT2D eigenvalue weighted by Gasteiger charge is -2.21. The van der Waals surface area contributed by atoms with Gasteiger partial charge in [0.05, 0.1) is 11.0 Å². The number of carbonyl (C=O) groups is 2. The molecule has 1 unspecified atom stereocenters. The molecule has 126 valence electrons. The van der Waals surface area contributed by atoms with Crippen LogP contribution in [0.1, 0.15) is 20.1 Å². The number of nitrogens with zero attached hydrogens (tertiary/aromatic N) is 2. The van der Waals surface area contributed by atoms with Gasteiger partial charge in [-0.25, -0.2) is 0 Å². The molecule has 1 aliphatic rings. The number of carbonyl (C=O) groups excluding carboxylic acids is 2. The van der Waals surface area contributed by atoms with E-state index in [1.54, 1.807) is 11.0 Å². The zero-order valence-corrected chi connectivity index (χ0v) is 14.3. The van der Waals surface area contributed by atoms with Gasteiger partial charge in [-0.05, 0) is 24.6 Å². The van der Waals surface area contributed by atoms with Gasteiger partial charge in [-0.15, -0.1) is 11.3 Å². The van der Waals surface area contributed by atoms with E-state index in [1.807, 2.05) is 43.3 Å². The number of benzene rings is 1. The SMILES string of the molecule is Cc1ccc(C(=O)N2CC(=O)N(Cc3ccccc3)CC(O)C2)s1. The molecule has 1 aliphatic heterocycles. The van der Waals surface area contributed by atoms with Gasteiger partial charge in [-0.1, -0.05) is 30.3 Å². The van der Waals surface area contributed by atoms with Crippen LogP contribution in [0.2, 0.25) is 0 Å². The van der Waals surface area contributed by atoms with Crippen LogP contribution in [0.15, 0.2) is 42.5 Å². The lowest BCUT2D eigenvalue weighted by atomic mass is 10.2. The first-order chi connectivity index (χ1) is 11.5. The Balaban J connectivity index is 1.73. The monoisotopic (exact) mass is 344 g/mol. The molecule has 6 heteroatoms. The Morgan fingerprint density at radius 3 is 2.62 bits per heavy atom. The highest BCUT2D eigenvalue weighted by Gasteiger charge is 2.30. The van der Waals surface area contributed by atoms with Gasteiger partial charge >= 0.3 is 0 Å². The van der Waals surface area contributed by atoms with E-state index in [0.29, 0.717) is 11.4 Å². The number of aliphatic hydroxyl groups is 1. The molecule has 1 fully saturated rings. The van der Waals surface area contributed by atoms with Gasteiger partial charge in [0.25, 0.3) is 5.91 Å². The second-order valence-corrected chi connectivity index (χ2v) is 7.30. The molecule has 5 nitrogen and oxygen atoms in total. The number of β-amino-alcohol motifs (C(OH)–C–C–N with tert-alkyl or cyclic N) is 1. The number of amides is 2. The predicted octanol–water partition coefficient (Wildman–Crippen LogP) is 1.90. The third kappa shape index (κ3) is 3.83. The molecule has 3 rings (SSSR count). The molecule has 0 radical (unpaired) electrons. The number of thiophene rings is 1. The minimum Gasteiger partial charge on any atom is -0.389 e. The van der Waals surface area contributed by atoms with Crippen molar-refractivity contribution in [2.24, 2.45) is 0 Å². The lowest BCUT2D eigenvalue weighted by molar-refractivity contribution is -0.131. The van der Waals surface area contributed by atoms with E-state index in [-0.39, 0.29) is 31.4 Å². The normalized spacial score (nSPS) is 18.6. The topological polar surface area (TPSA) is 60.9 Å². The summed E-state index contributed by atoms with van der Waals surface area (Å²) in [5.41, 5.74) is 1.01. The predicted molar refractivity (Wildman–Crippen MR) is 92.8 cm³/mol. The molecular formula is C18H20N2O3S. The van der Waals surface area contributed by atoms with Crippen LogP contribution < -0.4 is 0 Å². The van der Waals surface area contributed by atoms with Crippen LogP contribution in [-0.4, -0.2) is 52.5 Å². The zero-order valence-electron chi connectivity index (χ0n) is 13.5. The molecule has 2 amide bonds. The zero-order chi connectivity index (χ0) is 17.1. The number of rotatable bonds is 3. The second kappa shape index (κ2) is 7.15. The average Bonchev–Trinajstić information content (AvgIpc) is 2.94. The Morgan fingerprint density at radius 2 is 1.96 bits per heavy atom. The van der Waals surface area contributed by atoms with Crippen LogP contribution in [0.3, 0.4) is 0 Å². The standard InChI is InChI=1S/C18H20N2O3S/c1-13-7-8-16(24-13)18(23)20-11-15(21)10-19(17(22)12-20)9-14-5-3-2-4-6-14/h2-8,15,21H,9-12H2,1H3. The molecular weight excluding hydrogens is 324 g/mol.